The highest BCUT2D eigenvalue weighted by atomic mass is 32.2. The van der Waals surface area contributed by atoms with Crippen molar-refractivity contribution in [2.75, 3.05) is 0 Å². The number of hydrogen-bond acceptors (Lipinski definition) is 4. The zero-order chi connectivity index (χ0) is 18.0. The van der Waals surface area contributed by atoms with Crippen LogP contribution in [0.5, 0.6) is 0 Å². The summed E-state index contributed by atoms with van der Waals surface area (Å²) in [5.41, 5.74) is 1.26. The molecule has 1 aromatic heterocycles. The number of halogens is 2. The van der Waals surface area contributed by atoms with Gasteiger partial charge in [-0.2, -0.15) is 14.0 Å². The second-order valence-corrected chi connectivity index (χ2v) is 6.25. The predicted octanol–water partition coefficient (Wildman–Crippen LogP) is 4.54. The molecule has 2 aromatic carbocycles. The Kier molecular flexibility index (Phi) is 4.38. The Labute approximate surface area is 145 Å². The van der Waals surface area contributed by atoms with E-state index in [2.05, 4.69) is 11.1 Å². The lowest BCUT2D eigenvalue weighted by Gasteiger charge is -2.14. The quantitative estimate of drug-likeness (QED) is 0.695. The molecule has 0 atom stereocenters. The fourth-order valence-corrected chi connectivity index (χ4v) is 3.23. The molecular formula is C18H10F2N2O2S. The first-order valence-corrected chi connectivity index (χ1v) is 7.93. The number of hydrogen-bond donors (Lipinski definition) is 1. The van der Waals surface area contributed by atoms with Crippen LogP contribution in [0.15, 0.2) is 59.6 Å². The van der Waals surface area contributed by atoms with Crippen LogP contribution in [-0.2, 0) is 4.79 Å². The molecule has 0 radical (unpaired) electrons. The summed E-state index contributed by atoms with van der Waals surface area (Å²) < 4.78 is 27.3. The Morgan fingerprint density at radius 2 is 1.84 bits per heavy atom. The highest BCUT2D eigenvalue weighted by molar-refractivity contribution is 8.01. The van der Waals surface area contributed by atoms with Crippen LogP contribution in [0.1, 0.15) is 5.56 Å². The molecule has 124 valence electrons. The second-order valence-electron chi connectivity index (χ2n) is 5.09. The Hall–Kier alpha value is -2.98. The summed E-state index contributed by atoms with van der Waals surface area (Å²) in [5.74, 6) is -2.21. The highest BCUT2D eigenvalue weighted by Gasteiger charge is 2.41. The Bertz CT molecular complexity index is 1020. The first-order valence-electron chi connectivity index (χ1n) is 7.11. The van der Waals surface area contributed by atoms with Crippen LogP contribution in [0.25, 0.3) is 22.0 Å². The van der Waals surface area contributed by atoms with E-state index in [1.54, 1.807) is 36.4 Å². The maximum absolute atomic E-state index is 13.7. The molecule has 0 aliphatic heterocycles. The average Bonchev–Trinajstić information content (AvgIpc) is 2.61. The lowest BCUT2D eigenvalue weighted by atomic mass is 9.98. The van der Waals surface area contributed by atoms with Gasteiger partial charge in [-0.1, -0.05) is 30.3 Å². The molecule has 0 aliphatic carbocycles. The molecule has 0 unspecified atom stereocenters. The van der Waals surface area contributed by atoms with Crippen molar-refractivity contribution in [1.82, 2.24) is 4.98 Å². The minimum Gasteiger partial charge on any atom is -0.476 e. The minimum atomic E-state index is -3.97. The van der Waals surface area contributed by atoms with Gasteiger partial charge in [0.05, 0.1) is 17.3 Å². The lowest BCUT2D eigenvalue weighted by Crippen LogP contribution is -2.23. The van der Waals surface area contributed by atoms with Gasteiger partial charge in [0.2, 0.25) is 0 Å². The van der Waals surface area contributed by atoms with Crippen LogP contribution in [0.3, 0.4) is 0 Å². The van der Waals surface area contributed by atoms with Gasteiger partial charge in [-0.15, -0.1) is 0 Å². The molecule has 1 heterocycles. The maximum Gasteiger partial charge on any atom is 0.393 e. The van der Waals surface area contributed by atoms with Crippen LogP contribution in [0.2, 0.25) is 0 Å². The first-order chi connectivity index (χ1) is 11.9. The molecule has 0 saturated carbocycles. The molecule has 0 saturated heterocycles. The third-order valence-electron chi connectivity index (χ3n) is 3.56. The number of fused-ring (bicyclic) bond motifs is 1. The van der Waals surface area contributed by atoms with Gasteiger partial charge >= 0.3 is 11.2 Å². The third kappa shape index (κ3) is 3.16. The highest BCUT2D eigenvalue weighted by Crippen LogP contribution is 2.41. The third-order valence-corrected chi connectivity index (χ3v) is 4.54. The zero-order valence-corrected chi connectivity index (χ0v) is 13.4. The molecule has 3 aromatic rings. The van der Waals surface area contributed by atoms with E-state index in [1.807, 2.05) is 0 Å². The number of thioether (sulfide) groups is 1. The van der Waals surface area contributed by atoms with Crippen molar-refractivity contribution in [3.8, 4) is 17.3 Å². The molecule has 7 heteroatoms. The van der Waals surface area contributed by atoms with Gasteiger partial charge in [0.15, 0.2) is 0 Å². The predicted molar refractivity (Wildman–Crippen MR) is 90.3 cm³/mol. The number of carbonyl (C=O) groups is 1. The topological polar surface area (TPSA) is 74.0 Å². The van der Waals surface area contributed by atoms with Gasteiger partial charge in [-0.3, -0.25) is 4.98 Å². The Balaban J connectivity index is 2.21. The van der Waals surface area contributed by atoms with Crippen molar-refractivity contribution in [2.24, 2.45) is 0 Å². The van der Waals surface area contributed by atoms with Crippen LogP contribution >= 0.6 is 11.8 Å². The number of alkyl halides is 2. The molecule has 0 amide bonds. The lowest BCUT2D eigenvalue weighted by molar-refractivity contribution is -0.152. The molecule has 0 fully saturated rings. The zero-order valence-electron chi connectivity index (χ0n) is 12.6. The Morgan fingerprint density at radius 1 is 1.12 bits per heavy atom. The van der Waals surface area contributed by atoms with E-state index in [9.17, 15) is 18.8 Å². The van der Waals surface area contributed by atoms with Crippen molar-refractivity contribution in [2.45, 2.75) is 10.2 Å². The van der Waals surface area contributed by atoms with Gasteiger partial charge in [0, 0.05) is 22.0 Å². The van der Waals surface area contributed by atoms with Crippen molar-refractivity contribution in [3.63, 3.8) is 0 Å². The number of nitriles is 1. The second kappa shape index (κ2) is 6.49. The summed E-state index contributed by atoms with van der Waals surface area (Å²) in [6.07, 6.45) is 1.45. The molecule has 0 spiro atoms. The van der Waals surface area contributed by atoms with Gasteiger partial charge in [0.25, 0.3) is 0 Å². The molecule has 0 aliphatic rings. The number of carboxylic acid groups (broad SMARTS) is 1. The van der Waals surface area contributed by atoms with Crippen molar-refractivity contribution >= 4 is 28.5 Å². The van der Waals surface area contributed by atoms with E-state index in [-0.39, 0.29) is 22.4 Å². The fraction of sp³-hybridized carbons (Fsp3) is 0.0556. The maximum atomic E-state index is 13.7. The van der Waals surface area contributed by atoms with E-state index in [0.717, 1.165) is 0 Å². The number of pyridine rings is 1. The molecular weight excluding hydrogens is 346 g/mol. The molecule has 0 bridgehead atoms. The van der Waals surface area contributed by atoms with Gasteiger partial charge in [0.1, 0.15) is 0 Å². The number of benzene rings is 2. The Morgan fingerprint density at radius 3 is 2.52 bits per heavy atom. The number of rotatable bonds is 4. The summed E-state index contributed by atoms with van der Waals surface area (Å²) in [6, 6.07) is 15.3. The van der Waals surface area contributed by atoms with E-state index in [1.165, 1.54) is 18.3 Å². The van der Waals surface area contributed by atoms with Crippen molar-refractivity contribution in [3.05, 3.63) is 60.3 Å². The number of aliphatic carboxylic acids is 1. The van der Waals surface area contributed by atoms with Crippen molar-refractivity contribution < 1.29 is 18.7 Å². The number of nitrogens with zero attached hydrogens (tertiary/aromatic N) is 2. The summed E-state index contributed by atoms with van der Waals surface area (Å²) >= 11 is -0.0664. The summed E-state index contributed by atoms with van der Waals surface area (Å²) in [6.45, 7) is 0. The molecule has 3 rings (SSSR count). The summed E-state index contributed by atoms with van der Waals surface area (Å²) in [4.78, 5) is 15.0. The molecule has 1 N–H and O–H groups in total. The minimum absolute atomic E-state index is 0.0461. The average molecular weight is 356 g/mol. The van der Waals surface area contributed by atoms with Gasteiger partial charge in [-0.05, 0) is 35.3 Å². The van der Waals surface area contributed by atoms with Crippen LogP contribution in [-0.4, -0.2) is 21.3 Å². The first kappa shape index (κ1) is 16.9. The SMILES string of the molecule is N#Cc1ccc(-c2ncccc2SC(F)(F)C(=O)O)c2ccccc12. The van der Waals surface area contributed by atoms with Crippen LogP contribution in [0, 0.1) is 11.3 Å². The van der Waals surface area contributed by atoms with E-state index >= 15 is 0 Å². The smallest absolute Gasteiger partial charge is 0.393 e. The van der Waals surface area contributed by atoms with Crippen molar-refractivity contribution in [1.29, 1.82) is 5.26 Å². The van der Waals surface area contributed by atoms with E-state index < -0.39 is 11.2 Å². The van der Waals surface area contributed by atoms with Crippen LogP contribution < -0.4 is 0 Å². The largest absolute Gasteiger partial charge is 0.476 e. The summed E-state index contributed by atoms with van der Waals surface area (Å²) in [7, 11) is 0. The monoisotopic (exact) mass is 356 g/mol. The normalized spacial score (nSPS) is 11.2. The summed E-state index contributed by atoms with van der Waals surface area (Å²) in [5, 5.41) is 15.3. The molecule has 25 heavy (non-hydrogen) atoms. The van der Waals surface area contributed by atoms with Gasteiger partial charge in [-0.25, -0.2) is 4.79 Å². The fourth-order valence-electron chi connectivity index (χ4n) is 2.46. The standard InChI is InChI=1S/C18H10F2N2O2S/c19-18(20,17(23)24)25-15-6-3-9-22-16(15)14-8-7-11(10-21)12-4-1-2-5-13(12)14/h1-9H,(H,23,24). The van der Waals surface area contributed by atoms with E-state index in [0.29, 0.717) is 21.9 Å². The van der Waals surface area contributed by atoms with Crippen LogP contribution in [0.4, 0.5) is 8.78 Å². The van der Waals surface area contributed by atoms with Gasteiger partial charge < -0.3 is 5.11 Å². The number of aromatic nitrogens is 1. The van der Waals surface area contributed by atoms with E-state index in [4.69, 9.17) is 5.11 Å². The number of carboxylic acids is 1. The molecule has 4 nitrogen and oxygen atoms in total.